The van der Waals surface area contributed by atoms with Gasteiger partial charge in [-0.05, 0) is 25.5 Å². The van der Waals surface area contributed by atoms with E-state index in [1.807, 2.05) is 0 Å². The molecule has 0 aliphatic rings. The first-order chi connectivity index (χ1) is 7.65. The molecule has 0 saturated carbocycles. The van der Waals surface area contributed by atoms with Crippen molar-refractivity contribution in [2.75, 3.05) is 13.1 Å². The lowest BCUT2D eigenvalue weighted by Crippen LogP contribution is -2.23. The Kier molecular flexibility index (Phi) is 4.87. The topological polar surface area (TPSA) is 98.3 Å². The number of nitrogens with one attached hydrogen (secondary N) is 1. The summed E-state index contributed by atoms with van der Waals surface area (Å²) in [5.41, 5.74) is 5.31. The van der Waals surface area contributed by atoms with Gasteiger partial charge in [0.1, 0.15) is 0 Å². The van der Waals surface area contributed by atoms with Gasteiger partial charge in [0.2, 0.25) is 0 Å². The van der Waals surface area contributed by atoms with Crippen LogP contribution in [-0.2, 0) is 0 Å². The van der Waals surface area contributed by atoms with Gasteiger partial charge in [-0.15, -0.1) is 0 Å². The molecule has 0 saturated heterocycles. The smallest absolute Gasteiger partial charge is 0.324 e. The maximum absolute atomic E-state index is 11.5. The average molecular weight is 243 g/mol. The zero-order chi connectivity index (χ0) is 12.0. The molecule has 0 spiro atoms. The maximum atomic E-state index is 11.5. The number of amides is 1. The van der Waals surface area contributed by atoms with Crippen molar-refractivity contribution in [1.82, 2.24) is 5.32 Å². The van der Waals surface area contributed by atoms with Gasteiger partial charge in [-0.25, -0.2) is 0 Å². The SMILES string of the molecule is NCCCCNC(=O)c1ccc([N+](=O)[O-])s1. The molecule has 0 aromatic carbocycles. The van der Waals surface area contributed by atoms with Gasteiger partial charge in [0.25, 0.3) is 5.91 Å². The van der Waals surface area contributed by atoms with E-state index in [2.05, 4.69) is 5.32 Å². The lowest BCUT2D eigenvalue weighted by Gasteiger charge is -2.01. The largest absolute Gasteiger partial charge is 0.351 e. The van der Waals surface area contributed by atoms with Gasteiger partial charge < -0.3 is 11.1 Å². The highest BCUT2D eigenvalue weighted by Gasteiger charge is 2.14. The van der Waals surface area contributed by atoms with E-state index < -0.39 is 4.92 Å². The molecular formula is C9H13N3O3S. The Hall–Kier alpha value is -1.47. The van der Waals surface area contributed by atoms with Crippen molar-refractivity contribution in [3.8, 4) is 0 Å². The maximum Gasteiger partial charge on any atom is 0.324 e. The number of unbranched alkanes of at least 4 members (excludes halogenated alkanes) is 1. The summed E-state index contributed by atoms with van der Waals surface area (Å²) in [5, 5.41) is 13.1. The highest BCUT2D eigenvalue weighted by atomic mass is 32.1. The van der Waals surface area contributed by atoms with Crippen LogP contribution in [0.3, 0.4) is 0 Å². The minimum Gasteiger partial charge on any atom is -0.351 e. The minimum absolute atomic E-state index is 0.0212. The zero-order valence-electron chi connectivity index (χ0n) is 8.64. The van der Waals surface area contributed by atoms with E-state index >= 15 is 0 Å². The first-order valence-electron chi connectivity index (χ1n) is 4.87. The van der Waals surface area contributed by atoms with E-state index in [1.165, 1.54) is 12.1 Å². The lowest BCUT2D eigenvalue weighted by molar-refractivity contribution is -0.380. The number of nitro groups is 1. The van der Waals surface area contributed by atoms with E-state index in [0.717, 1.165) is 24.2 Å². The molecule has 0 atom stereocenters. The van der Waals surface area contributed by atoms with Crippen LogP contribution in [0.25, 0.3) is 0 Å². The highest BCUT2D eigenvalue weighted by Crippen LogP contribution is 2.23. The van der Waals surface area contributed by atoms with Crippen molar-refractivity contribution in [2.45, 2.75) is 12.8 Å². The minimum atomic E-state index is -0.504. The summed E-state index contributed by atoms with van der Waals surface area (Å²) < 4.78 is 0. The summed E-state index contributed by atoms with van der Waals surface area (Å²) in [6.07, 6.45) is 1.67. The molecule has 1 rings (SSSR count). The summed E-state index contributed by atoms with van der Waals surface area (Å²) in [5.74, 6) is -0.268. The molecule has 0 bridgehead atoms. The molecule has 1 heterocycles. The molecule has 0 radical (unpaired) electrons. The molecule has 0 aliphatic carbocycles. The molecule has 1 amide bonds. The predicted octanol–water partition coefficient (Wildman–Crippen LogP) is 1.13. The Bertz CT molecular complexity index is 378. The van der Waals surface area contributed by atoms with Gasteiger partial charge in [-0.2, -0.15) is 0 Å². The quantitative estimate of drug-likeness (QED) is 0.444. The number of carbonyl (C=O) groups is 1. The van der Waals surface area contributed by atoms with Gasteiger partial charge in [0.15, 0.2) is 0 Å². The summed E-state index contributed by atoms with van der Waals surface area (Å²) >= 11 is 0.877. The third-order valence-electron chi connectivity index (χ3n) is 1.91. The second kappa shape index (κ2) is 6.19. The standard InChI is InChI=1S/C9H13N3O3S/c10-5-1-2-6-11-9(13)7-3-4-8(16-7)12(14)15/h3-4H,1-2,5-6,10H2,(H,11,13). The average Bonchev–Trinajstić information content (AvgIpc) is 2.73. The lowest BCUT2D eigenvalue weighted by atomic mass is 10.3. The fraction of sp³-hybridized carbons (Fsp3) is 0.444. The number of nitrogens with two attached hydrogens (primary N) is 1. The molecule has 0 aliphatic heterocycles. The number of carbonyl (C=O) groups excluding carboxylic acids is 1. The van der Waals surface area contributed by atoms with E-state index in [9.17, 15) is 14.9 Å². The van der Waals surface area contributed by atoms with Crippen LogP contribution in [0.4, 0.5) is 5.00 Å². The van der Waals surface area contributed by atoms with Crippen molar-refractivity contribution in [1.29, 1.82) is 0 Å². The molecule has 7 heteroatoms. The van der Waals surface area contributed by atoms with E-state index in [1.54, 1.807) is 0 Å². The van der Waals surface area contributed by atoms with Crippen LogP contribution in [0.1, 0.15) is 22.5 Å². The number of hydrogen-bond acceptors (Lipinski definition) is 5. The predicted molar refractivity (Wildman–Crippen MR) is 61.6 cm³/mol. The first-order valence-corrected chi connectivity index (χ1v) is 5.69. The Labute approximate surface area is 96.6 Å². The highest BCUT2D eigenvalue weighted by molar-refractivity contribution is 7.17. The second-order valence-corrected chi connectivity index (χ2v) is 4.21. The van der Waals surface area contributed by atoms with Crippen molar-refractivity contribution >= 4 is 22.2 Å². The van der Waals surface area contributed by atoms with E-state index in [4.69, 9.17) is 5.73 Å². The first kappa shape index (κ1) is 12.6. The summed E-state index contributed by atoms with van der Waals surface area (Å²) in [6.45, 7) is 1.14. The molecular weight excluding hydrogens is 230 g/mol. The molecule has 16 heavy (non-hydrogen) atoms. The van der Waals surface area contributed by atoms with E-state index in [-0.39, 0.29) is 10.9 Å². The molecule has 6 nitrogen and oxygen atoms in total. The Morgan fingerprint density at radius 1 is 1.50 bits per heavy atom. The van der Waals surface area contributed by atoms with Crippen LogP contribution in [0.5, 0.6) is 0 Å². The summed E-state index contributed by atoms with van der Waals surface area (Å²) in [4.78, 5) is 21.8. The van der Waals surface area contributed by atoms with Gasteiger partial charge in [-0.1, -0.05) is 11.3 Å². The Morgan fingerprint density at radius 3 is 2.81 bits per heavy atom. The normalized spacial score (nSPS) is 10.1. The van der Waals surface area contributed by atoms with Crippen molar-refractivity contribution in [2.24, 2.45) is 5.73 Å². The third-order valence-corrected chi connectivity index (χ3v) is 2.95. The van der Waals surface area contributed by atoms with Crippen LogP contribution in [0.15, 0.2) is 12.1 Å². The molecule has 0 fully saturated rings. The van der Waals surface area contributed by atoms with Crippen LogP contribution < -0.4 is 11.1 Å². The summed E-state index contributed by atoms with van der Waals surface area (Å²) in [7, 11) is 0. The monoisotopic (exact) mass is 243 g/mol. The number of hydrogen-bond donors (Lipinski definition) is 2. The number of rotatable bonds is 6. The second-order valence-electron chi connectivity index (χ2n) is 3.15. The fourth-order valence-corrected chi connectivity index (χ4v) is 1.84. The van der Waals surface area contributed by atoms with Crippen LogP contribution >= 0.6 is 11.3 Å². The van der Waals surface area contributed by atoms with Crippen LogP contribution in [0, 0.1) is 10.1 Å². The van der Waals surface area contributed by atoms with Gasteiger partial charge in [0.05, 0.1) is 9.80 Å². The van der Waals surface area contributed by atoms with Crippen LogP contribution in [0.2, 0.25) is 0 Å². The molecule has 0 unspecified atom stereocenters. The fourth-order valence-electron chi connectivity index (χ4n) is 1.11. The Morgan fingerprint density at radius 2 is 2.25 bits per heavy atom. The van der Waals surface area contributed by atoms with Crippen molar-refractivity contribution in [3.05, 3.63) is 27.1 Å². The van der Waals surface area contributed by atoms with Crippen LogP contribution in [-0.4, -0.2) is 23.9 Å². The number of thiophene rings is 1. The molecule has 88 valence electrons. The van der Waals surface area contributed by atoms with Gasteiger partial charge in [0, 0.05) is 12.6 Å². The van der Waals surface area contributed by atoms with Gasteiger partial charge >= 0.3 is 5.00 Å². The summed E-state index contributed by atoms with van der Waals surface area (Å²) in [6, 6.07) is 2.79. The number of nitrogens with zero attached hydrogens (tertiary/aromatic N) is 1. The Balaban J connectivity index is 2.43. The van der Waals surface area contributed by atoms with Crippen molar-refractivity contribution in [3.63, 3.8) is 0 Å². The van der Waals surface area contributed by atoms with E-state index in [0.29, 0.717) is 18.0 Å². The zero-order valence-corrected chi connectivity index (χ0v) is 9.46. The van der Waals surface area contributed by atoms with Gasteiger partial charge in [-0.3, -0.25) is 14.9 Å². The molecule has 3 N–H and O–H groups in total. The molecule has 1 aromatic heterocycles. The van der Waals surface area contributed by atoms with Crippen molar-refractivity contribution < 1.29 is 9.72 Å². The molecule has 1 aromatic rings. The third kappa shape index (κ3) is 3.59.